The molecule has 0 N–H and O–H groups in total. The Kier molecular flexibility index (Phi) is 8.82. The fourth-order valence-electron chi connectivity index (χ4n) is 5.64. The van der Waals surface area contributed by atoms with Gasteiger partial charge >= 0.3 is 6.09 Å². The lowest BCUT2D eigenvalue weighted by Gasteiger charge is -2.43. The van der Waals surface area contributed by atoms with Crippen molar-refractivity contribution in [2.45, 2.75) is 70.9 Å². The van der Waals surface area contributed by atoms with Crippen LogP contribution in [-0.4, -0.2) is 38.7 Å². The normalized spacial score (nSPS) is 15.8. The van der Waals surface area contributed by atoms with Gasteiger partial charge in [0.1, 0.15) is 5.82 Å². The van der Waals surface area contributed by atoms with Crippen molar-refractivity contribution in [1.29, 1.82) is 0 Å². The van der Waals surface area contributed by atoms with Crippen molar-refractivity contribution in [3.63, 3.8) is 0 Å². The van der Waals surface area contributed by atoms with Gasteiger partial charge in [0.2, 0.25) is 0 Å². The van der Waals surface area contributed by atoms with Crippen molar-refractivity contribution in [1.82, 2.24) is 4.98 Å². The summed E-state index contributed by atoms with van der Waals surface area (Å²) in [5, 5.41) is 2.57. The van der Waals surface area contributed by atoms with Gasteiger partial charge in [-0.05, 0) is 66.1 Å². The molecule has 37 heavy (non-hydrogen) atoms. The predicted molar refractivity (Wildman–Crippen MR) is 153 cm³/mol. The summed E-state index contributed by atoms with van der Waals surface area (Å²) in [4.78, 5) is 19.2. The van der Waals surface area contributed by atoms with E-state index in [1.54, 1.807) is 11.1 Å². The van der Waals surface area contributed by atoms with E-state index in [0.29, 0.717) is 13.2 Å². The molecule has 0 saturated carbocycles. The van der Waals surface area contributed by atoms with Crippen molar-refractivity contribution in [3.8, 4) is 0 Å². The van der Waals surface area contributed by atoms with Gasteiger partial charge in [0.15, 0.2) is 0 Å². The van der Waals surface area contributed by atoms with Crippen molar-refractivity contribution in [3.05, 3.63) is 84.6 Å². The molecule has 0 radical (unpaired) electrons. The summed E-state index contributed by atoms with van der Waals surface area (Å²) in [5.74, 6) is 0.751. The smallest absolute Gasteiger partial charge is 0.415 e. The number of aryl methyl sites for hydroxylation is 1. The molecule has 1 unspecified atom stereocenters. The van der Waals surface area contributed by atoms with Crippen LogP contribution in [0.4, 0.5) is 10.6 Å². The Labute approximate surface area is 223 Å². The number of carbonyl (C=O) groups is 1. The number of rotatable bonds is 9. The number of hydrogen-bond donors (Lipinski definition) is 0. The zero-order valence-corrected chi connectivity index (χ0v) is 23.7. The molecule has 0 fully saturated rings. The van der Waals surface area contributed by atoms with E-state index >= 15 is 0 Å². The largest absolute Gasteiger partial charge is 0.449 e. The molecule has 0 spiro atoms. The molecule has 2 heterocycles. The van der Waals surface area contributed by atoms with Gasteiger partial charge in [-0.1, -0.05) is 87.5 Å². The molecule has 4 rings (SSSR count). The minimum Gasteiger partial charge on any atom is -0.449 e. The van der Waals surface area contributed by atoms with Crippen LogP contribution in [0, 0.1) is 0 Å². The Hall–Kier alpha value is -2.96. The van der Waals surface area contributed by atoms with Crippen LogP contribution < -0.4 is 15.3 Å². The summed E-state index contributed by atoms with van der Waals surface area (Å²) in [6.07, 6.45) is 6.13. The number of benzene rings is 2. The van der Waals surface area contributed by atoms with Crippen LogP contribution in [0.2, 0.25) is 5.04 Å². The molecule has 5 nitrogen and oxygen atoms in total. The molecule has 3 aromatic rings. The van der Waals surface area contributed by atoms with E-state index in [9.17, 15) is 4.79 Å². The van der Waals surface area contributed by atoms with E-state index in [1.165, 1.54) is 10.4 Å². The number of hydrogen-bond acceptors (Lipinski definition) is 4. The molecule has 1 atom stereocenters. The molecule has 1 aliphatic rings. The third-order valence-corrected chi connectivity index (χ3v) is 12.4. The summed E-state index contributed by atoms with van der Waals surface area (Å²) < 4.78 is 12.5. The van der Waals surface area contributed by atoms with Gasteiger partial charge in [-0.2, -0.15) is 0 Å². The number of anilines is 1. The maximum Gasteiger partial charge on any atom is 0.415 e. The zero-order valence-electron chi connectivity index (χ0n) is 22.7. The Morgan fingerprint density at radius 2 is 1.62 bits per heavy atom. The van der Waals surface area contributed by atoms with Gasteiger partial charge in [-0.25, -0.2) is 9.78 Å². The fraction of sp³-hybridized carbons (Fsp3) is 0.419. The number of nitrogens with zero attached hydrogens (tertiary/aromatic N) is 2. The maximum absolute atomic E-state index is 12.9. The minimum absolute atomic E-state index is 0.0326. The Balaban J connectivity index is 1.47. The highest BCUT2D eigenvalue weighted by atomic mass is 28.4. The summed E-state index contributed by atoms with van der Waals surface area (Å²) >= 11 is 0. The van der Waals surface area contributed by atoms with E-state index in [2.05, 4.69) is 92.5 Å². The minimum atomic E-state index is -2.52. The molecule has 1 aromatic heterocycles. The first-order chi connectivity index (χ1) is 17.9. The van der Waals surface area contributed by atoms with E-state index in [0.717, 1.165) is 43.5 Å². The highest BCUT2D eigenvalue weighted by Crippen LogP contribution is 2.37. The summed E-state index contributed by atoms with van der Waals surface area (Å²) in [6.45, 7) is 9.82. The fourth-order valence-corrected chi connectivity index (χ4v) is 10.2. The first-order valence-electron chi connectivity index (χ1n) is 13.5. The Morgan fingerprint density at radius 1 is 0.973 bits per heavy atom. The van der Waals surface area contributed by atoms with E-state index in [-0.39, 0.29) is 17.2 Å². The molecule has 2 aromatic carbocycles. The van der Waals surface area contributed by atoms with E-state index < -0.39 is 8.32 Å². The SMILES string of the molecule is CCOC(=O)N1c2ncccc2CCC1CCCCO[Si](c1ccccc1)(c1ccccc1)C(C)(C)C. The van der Waals surface area contributed by atoms with Gasteiger partial charge in [0.05, 0.1) is 6.61 Å². The van der Waals surface area contributed by atoms with E-state index in [1.807, 2.05) is 13.0 Å². The van der Waals surface area contributed by atoms with Gasteiger partial charge in [-0.3, -0.25) is 4.90 Å². The van der Waals surface area contributed by atoms with Crippen LogP contribution in [0.15, 0.2) is 79.0 Å². The monoisotopic (exact) mass is 516 g/mol. The van der Waals surface area contributed by atoms with Crippen LogP contribution in [-0.2, 0) is 15.6 Å². The number of amides is 1. The molecule has 196 valence electrons. The van der Waals surface area contributed by atoms with Crippen LogP contribution in [0.1, 0.15) is 58.9 Å². The van der Waals surface area contributed by atoms with Crippen molar-refractivity contribution >= 4 is 30.6 Å². The third kappa shape index (κ3) is 5.81. The van der Waals surface area contributed by atoms with Crippen LogP contribution in [0.3, 0.4) is 0 Å². The molecular weight excluding hydrogens is 476 g/mol. The lowest BCUT2D eigenvalue weighted by molar-refractivity contribution is 0.155. The van der Waals surface area contributed by atoms with Crippen LogP contribution in [0.5, 0.6) is 0 Å². The first-order valence-corrected chi connectivity index (χ1v) is 15.4. The standard InChI is InChI=1S/C31H40N2O3Si/c1-5-35-30(34)33-26(22-21-25-15-14-23-32-29(25)33)16-12-13-24-36-37(31(2,3)4,27-17-8-6-9-18-27)28-19-10-7-11-20-28/h6-11,14-15,17-20,23,26H,5,12-13,16,21-22,24H2,1-4H3. The van der Waals surface area contributed by atoms with Crippen LogP contribution in [0.25, 0.3) is 0 Å². The van der Waals surface area contributed by atoms with Gasteiger partial charge in [0.25, 0.3) is 8.32 Å². The molecule has 1 amide bonds. The molecule has 0 saturated heterocycles. The number of pyridine rings is 1. The quantitative estimate of drug-likeness (QED) is 0.254. The number of unbranched alkanes of at least 4 members (excludes halogenated alkanes) is 1. The average Bonchev–Trinajstić information content (AvgIpc) is 2.91. The van der Waals surface area contributed by atoms with Crippen molar-refractivity contribution in [2.24, 2.45) is 0 Å². The maximum atomic E-state index is 12.9. The predicted octanol–water partition coefficient (Wildman–Crippen LogP) is 6.11. The topological polar surface area (TPSA) is 51.7 Å². The van der Waals surface area contributed by atoms with Crippen LogP contribution >= 0.6 is 0 Å². The number of carbonyl (C=O) groups excluding carboxylic acids is 1. The average molecular weight is 517 g/mol. The lowest BCUT2D eigenvalue weighted by Crippen LogP contribution is -2.66. The Morgan fingerprint density at radius 3 is 2.22 bits per heavy atom. The summed E-state index contributed by atoms with van der Waals surface area (Å²) in [7, 11) is -2.52. The molecule has 6 heteroatoms. The third-order valence-electron chi connectivity index (χ3n) is 7.34. The summed E-state index contributed by atoms with van der Waals surface area (Å²) in [6, 6.07) is 25.6. The zero-order chi connectivity index (χ0) is 26.3. The molecule has 0 aliphatic carbocycles. The molecule has 1 aliphatic heterocycles. The molecule has 0 bridgehead atoms. The number of aromatic nitrogens is 1. The van der Waals surface area contributed by atoms with Crippen molar-refractivity contribution < 1.29 is 14.0 Å². The van der Waals surface area contributed by atoms with Crippen molar-refractivity contribution in [2.75, 3.05) is 18.1 Å². The number of ether oxygens (including phenoxy) is 1. The van der Waals surface area contributed by atoms with Gasteiger partial charge < -0.3 is 9.16 Å². The lowest BCUT2D eigenvalue weighted by atomic mass is 9.95. The second-order valence-corrected chi connectivity index (χ2v) is 15.1. The van der Waals surface area contributed by atoms with E-state index in [4.69, 9.17) is 9.16 Å². The van der Waals surface area contributed by atoms with Gasteiger partial charge in [0, 0.05) is 18.8 Å². The molecular formula is C31H40N2O3Si. The highest BCUT2D eigenvalue weighted by Gasteiger charge is 2.50. The second-order valence-electron chi connectivity index (χ2n) is 10.8. The summed E-state index contributed by atoms with van der Waals surface area (Å²) in [5.41, 5.74) is 1.11. The second kappa shape index (κ2) is 12.1. The van der Waals surface area contributed by atoms with Gasteiger partial charge in [-0.15, -0.1) is 0 Å². The first kappa shape index (κ1) is 27.1. The highest BCUT2D eigenvalue weighted by molar-refractivity contribution is 6.99. The number of fused-ring (bicyclic) bond motifs is 1. The Bertz CT molecular complexity index is 1110.